The number of rotatable bonds is 4. The number of ether oxygens (including phenoxy) is 1. The van der Waals surface area contributed by atoms with Crippen molar-refractivity contribution in [1.82, 2.24) is 9.97 Å². The lowest BCUT2D eigenvalue weighted by Gasteiger charge is -2.21. The molecule has 0 radical (unpaired) electrons. The lowest BCUT2D eigenvalue weighted by molar-refractivity contribution is -0.117. The van der Waals surface area contributed by atoms with E-state index in [-0.39, 0.29) is 23.9 Å². The lowest BCUT2D eigenvalue weighted by Crippen LogP contribution is -2.35. The van der Waals surface area contributed by atoms with Gasteiger partial charge in [-0.15, -0.1) is 11.6 Å². The van der Waals surface area contributed by atoms with Gasteiger partial charge in [0.2, 0.25) is 11.9 Å². The Morgan fingerprint density at radius 3 is 2.33 bits per heavy atom. The molecule has 0 aliphatic rings. The molecule has 0 fully saturated rings. The van der Waals surface area contributed by atoms with E-state index in [1.165, 1.54) is 12.0 Å². The van der Waals surface area contributed by atoms with E-state index in [1.54, 1.807) is 12.4 Å². The van der Waals surface area contributed by atoms with Crippen LogP contribution in [0.5, 0.6) is 0 Å². The molecule has 1 amide bonds. The Bertz CT molecular complexity index is 401. The molecule has 6 heteroatoms. The summed E-state index contributed by atoms with van der Waals surface area (Å²) < 4.78 is 4.95. The van der Waals surface area contributed by atoms with Gasteiger partial charge in [-0.1, -0.05) is 20.8 Å². The minimum Gasteiger partial charge on any atom is -0.364 e. The maximum absolute atomic E-state index is 11.6. The molecular formula is C12H18ClN3O2. The molecule has 0 saturated heterocycles. The van der Waals surface area contributed by atoms with Crippen molar-refractivity contribution < 1.29 is 9.53 Å². The number of carbonyl (C=O) groups is 1. The summed E-state index contributed by atoms with van der Waals surface area (Å²) in [5.41, 5.74) is 0.975. The Hall–Kier alpha value is -1.20. The smallest absolute Gasteiger partial charge is 0.246 e. The molecule has 0 saturated carbocycles. The van der Waals surface area contributed by atoms with Gasteiger partial charge in [-0.2, -0.15) is 0 Å². The standard InChI is InChI=1S/C12H18ClN3O2/c1-12(2,3)9-6-14-11(15-7-9)16(8-18-4)10(17)5-13/h6-7H,5,8H2,1-4H3. The first-order valence-electron chi connectivity index (χ1n) is 5.58. The number of nitrogens with zero attached hydrogens (tertiary/aromatic N) is 3. The number of alkyl halides is 1. The van der Waals surface area contributed by atoms with Crippen LogP contribution in [0.25, 0.3) is 0 Å². The van der Waals surface area contributed by atoms with E-state index in [1.807, 2.05) is 0 Å². The van der Waals surface area contributed by atoms with E-state index in [4.69, 9.17) is 16.3 Å². The number of aromatic nitrogens is 2. The highest BCUT2D eigenvalue weighted by atomic mass is 35.5. The van der Waals surface area contributed by atoms with Gasteiger partial charge in [-0.25, -0.2) is 9.97 Å². The fourth-order valence-corrected chi connectivity index (χ4v) is 1.43. The fourth-order valence-electron chi connectivity index (χ4n) is 1.29. The zero-order chi connectivity index (χ0) is 13.8. The summed E-state index contributed by atoms with van der Waals surface area (Å²) >= 11 is 5.53. The lowest BCUT2D eigenvalue weighted by atomic mass is 9.89. The normalized spacial score (nSPS) is 11.4. The van der Waals surface area contributed by atoms with Crippen molar-refractivity contribution in [2.75, 3.05) is 24.6 Å². The van der Waals surface area contributed by atoms with Crippen molar-refractivity contribution in [3.63, 3.8) is 0 Å². The van der Waals surface area contributed by atoms with Crippen LogP contribution in [-0.2, 0) is 14.9 Å². The Morgan fingerprint density at radius 1 is 1.39 bits per heavy atom. The largest absolute Gasteiger partial charge is 0.364 e. The highest BCUT2D eigenvalue weighted by molar-refractivity contribution is 6.29. The number of hydrogen-bond donors (Lipinski definition) is 0. The number of hydrogen-bond acceptors (Lipinski definition) is 4. The highest BCUT2D eigenvalue weighted by Gasteiger charge is 2.19. The molecule has 0 bridgehead atoms. The van der Waals surface area contributed by atoms with E-state index in [2.05, 4.69) is 30.7 Å². The number of amides is 1. The zero-order valence-electron chi connectivity index (χ0n) is 11.1. The summed E-state index contributed by atoms with van der Waals surface area (Å²) in [4.78, 5) is 21.3. The summed E-state index contributed by atoms with van der Waals surface area (Å²) in [5, 5.41) is 0. The predicted molar refractivity (Wildman–Crippen MR) is 70.8 cm³/mol. The van der Waals surface area contributed by atoms with Crippen molar-refractivity contribution >= 4 is 23.5 Å². The summed E-state index contributed by atoms with van der Waals surface area (Å²) in [5.74, 6) is -0.120. The maximum Gasteiger partial charge on any atom is 0.246 e. The molecule has 0 aliphatic carbocycles. The van der Waals surface area contributed by atoms with Crippen LogP contribution >= 0.6 is 11.6 Å². The number of methoxy groups -OCH3 is 1. The van der Waals surface area contributed by atoms with Gasteiger partial charge in [0.25, 0.3) is 0 Å². The van der Waals surface area contributed by atoms with E-state index < -0.39 is 0 Å². The molecule has 0 N–H and O–H groups in total. The second-order valence-electron chi connectivity index (χ2n) is 4.89. The molecule has 1 aromatic heterocycles. The first-order chi connectivity index (χ1) is 8.40. The van der Waals surface area contributed by atoms with Crippen molar-refractivity contribution in [2.24, 2.45) is 0 Å². The molecule has 18 heavy (non-hydrogen) atoms. The minimum absolute atomic E-state index is 0.0267. The van der Waals surface area contributed by atoms with E-state index in [0.29, 0.717) is 5.95 Å². The summed E-state index contributed by atoms with van der Waals surface area (Å²) in [6.07, 6.45) is 3.43. The van der Waals surface area contributed by atoms with E-state index in [9.17, 15) is 4.79 Å². The second-order valence-corrected chi connectivity index (χ2v) is 5.16. The molecule has 0 aliphatic heterocycles. The molecule has 1 aromatic rings. The van der Waals surface area contributed by atoms with Crippen LogP contribution in [0.3, 0.4) is 0 Å². The van der Waals surface area contributed by atoms with Crippen molar-refractivity contribution in [1.29, 1.82) is 0 Å². The monoisotopic (exact) mass is 271 g/mol. The van der Waals surface area contributed by atoms with Gasteiger partial charge in [-0.3, -0.25) is 9.69 Å². The quantitative estimate of drug-likeness (QED) is 0.620. The molecule has 100 valence electrons. The van der Waals surface area contributed by atoms with Crippen molar-refractivity contribution in [2.45, 2.75) is 26.2 Å². The van der Waals surface area contributed by atoms with Crippen LogP contribution in [-0.4, -0.2) is 35.6 Å². The first-order valence-corrected chi connectivity index (χ1v) is 6.11. The molecule has 0 spiro atoms. The number of halogens is 1. The second kappa shape index (κ2) is 6.11. The molecule has 1 rings (SSSR count). The van der Waals surface area contributed by atoms with E-state index in [0.717, 1.165) is 5.56 Å². The third-order valence-corrected chi connectivity index (χ3v) is 2.65. The van der Waals surface area contributed by atoms with Crippen LogP contribution in [0.4, 0.5) is 5.95 Å². The van der Waals surface area contributed by atoms with Gasteiger partial charge in [-0.05, 0) is 11.0 Å². The summed E-state index contributed by atoms with van der Waals surface area (Å²) in [7, 11) is 1.50. The Kier molecular flexibility index (Phi) is 5.04. The third kappa shape index (κ3) is 3.65. The zero-order valence-corrected chi connectivity index (χ0v) is 11.9. The third-order valence-electron chi connectivity index (χ3n) is 2.42. The SMILES string of the molecule is COCN(C(=O)CCl)c1ncc(C(C)(C)C)cn1. The minimum atomic E-state index is -0.290. The van der Waals surface area contributed by atoms with Crippen LogP contribution in [0.1, 0.15) is 26.3 Å². The van der Waals surface area contributed by atoms with Crippen LogP contribution in [0.15, 0.2) is 12.4 Å². The van der Waals surface area contributed by atoms with Crippen molar-refractivity contribution in [3.05, 3.63) is 18.0 Å². The maximum atomic E-state index is 11.6. The van der Waals surface area contributed by atoms with Crippen molar-refractivity contribution in [3.8, 4) is 0 Å². The molecule has 0 atom stereocenters. The summed E-state index contributed by atoms with van der Waals surface area (Å²) in [6, 6.07) is 0. The van der Waals surface area contributed by atoms with Gasteiger partial charge in [0, 0.05) is 19.5 Å². The highest BCUT2D eigenvalue weighted by Crippen LogP contribution is 2.21. The Balaban J connectivity index is 2.97. The van der Waals surface area contributed by atoms with Crippen LogP contribution < -0.4 is 4.90 Å². The van der Waals surface area contributed by atoms with E-state index >= 15 is 0 Å². The van der Waals surface area contributed by atoms with Gasteiger partial charge < -0.3 is 4.74 Å². The van der Waals surface area contributed by atoms with Gasteiger partial charge in [0.1, 0.15) is 12.6 Å². The average molecular weight is 272 g/mol. The Labute approximate surface area is 112 Å². The topological polar surface area (TPSA) is 55.3 Å². The number of anilines is 1. The molecule has 0 unspecified atom stereocenters. The summed E-state index contributed by atoms with van der Waals surface area (Å²) in [6.45, 7) is 6.30. The van der Waals surface area contributed by atoms with Crippen LogP contribution in [0.2, 0.25) is 0 Å². The molecule has 1 heterocycles. The van der Waals surface area contributed by atoms with Crippen LogP contribution in [0, 0.1) is 0 Å². The first kappa shape index (κ1) is 14.9. The Morgan fingerprint density at radius 2 is 1.94 bits per heavy atom. The molecule has 0 aromatic carbocycles. The molecule has 5 nitrogen and oxygen atoms in total. The molecular weight excluding hydrogens is 254 g/mol. The predicted octanol–water partition coefficient (Wildman–Crippen LogP) is 1.95. The van der Waals surface area contributed by atoms with Gasteiger partial charge in [0.15, 0.2) is 0 Å². The van der Waals surface area contributed by atoms with Gasteiger partial charge in [0.05, 0.1) is 0 Å². The fraction of sp³-hybridized carbons (Fsp3) is 0.583. The average Bonchev–Trinajstić information content (AvgIpc) is 2.34. The van der Waals surface area contributed by atoms with Gasteiger partial charge >= 0.3 is 0 Å². The number of carbonyl (C=O) groups excluding carboxylic acids is 1.